The monoisotopic (exact) mass is 448 g/mol. The van der Waals surface area contributed by atoms with Gasteiger partial charge in [0.25, 0.3) is 5.91 Å². The highest BCUT2D eigenvalue weighted by atomic mass is 79.9. The van der Waals surface area contributed by atoms with E-state index in [0.29, 0.717) is 11.3 Å². The molecule has 27 heavy (non-hydrogen) atoms. The lowest BCUT2D eigenvalue weighted by molar-refractivity contribution is 0.0988. The van der Waals surface area contributed by atoms with E-state index in [2.05, 4.69) is 21.2 Å². The minimum Gasteiger partial charge on any atom is -0.439 e. The van der Waals surface area contributed by atoms with Gasteiger partial charge < -0.3 is 15.5 Å². The second kappa shape index (κ2) is 7.37. The molecule has 9 heteroatoms. The van der Waals surface area contributed by atoms with Gasteiger partial charge in [0.05, 0.1) is 4.90 Å². The highest BCUT2D eigenvalue weighted by molar-refractivity contribution is 9.10. The smallest absolute Gasteiger partial charge is 0.291 e. The summed E-state index contributed by atoms with van der Waals surface area (Å²) in [5.74, 6) is -1.37. The average molecular weight is 449 g/mol. The fraction of sp³-hybridized carbons (Fsp3) is 0. The lowest BCUT2D eigenvalue weighted by Gasteiger charge is -2.04. The molecule has 3 rings (SSSR count). The molecule has 0 saturated heterocycles. The van der Waals surface area contributed by atoms with E-state index in [9.17, 15) is 18.0 Å². The van der Waals surface area contributed by atoms with Crippen molar-refractivity contribution < 1.29 is 22.4 Å². The summed E-state index contributed by atoms with van der Waals surface area (Å²) in [6, 6.07) is 14.5. The molecule has 0 spiro atoms. The van der Waals surface area contributed by atoms with Gasteiger partial charge in [-0.3, -0.25) is 9.59 Å². The number of halogens is 1. The number of amides is 2. The van der Waals surface area contributed by atoms with Gasteiger partial charge in [-0.1, -0.05) is 15.9 Å². The summed E-state index contributed by atoms with van der Waals surface area (Å²) in [7, 11) is -3.88. The number of carbonyl (C=O) groups excluding carboxylic acids is 2. The van der Waals surface area contributed by atoms with Crippen LogP contribution in [0.2, 0.25) is 0 Å². The third kappa shape index (κ3) is 4.09. The number of nitrogens with one attached hydrogen (secondary N) is 1. The number of rotatable bonds is 5. The van der Waals surface area contributed by atoms with Crippen molar-refractivity contribution in [2.75, 3.05) is 5.32 Å². The maximum absolute atomic E-state index is 12.6. The molecular weight excluding hydrogens is 436 g/mol. The zero-order chi connectivity index (χ0) is 19.6. The Hall–Kier alpha value is -2.91. The molecule has 1 aromatic heterocycles. The van der Waals surface area contributed by atoms with Gasteiger partial charge in [-0.2, -0.15) is 0 Å². The van der Waals surface area contributed by atoms with Crippen molar-refractivity contribution in [3.05, 3.63) is 76.5 Å². The van der Waals surface area contributed by atoms with E-state index >= 15 is 0 Å². The van der Waals surface area contributed by atoms with E-state index in [0.717, 1.165) is 4.47 Å². The molecule has 0 aliphatic heterocycles. The van der Waals surface area contributed by atoms with Crippen LogP contribution >= 0.6 is 15.9 Å². The predicted molar refractivity (Wildman–Crippen MR) is 101 cm³/mol. The Morgan fingerprint density at radius 3 is 2.15 bits per heavy atom. The van der Waals surface area contributed by atoms with E-state index in [1.807, 2.05) is 0 Å². The van der Waals surface area contributed by atoms with Crippen LogP contribution in [0.4, 0.5) is 5.69 Å². The van der Waals surface area contributed by atoms with Crippen molar-refractivity contribution in [2.24, 2.45) is 5.73 Å². The van der Waals surface area contributed by atoms with Crippen LogP contribution in [0.1, 0.15) is 20.9 Å². The number of carbonyl (C=O) groups is 2. The van der Waals surface area contributed by atoms with Gasteiger partial charge in [-0.15, -0.1) is 0 Å². The van der Waals surface area contributed by atoms with E-state index in [1.54, 1.807) is 12.1 Å². The summed E-state index contributed by atoms with van der Waals surface area (Å²) in [5, 5.41) is 2.22. The molecule has 0 aliphatic rings. The molecule has 0 bridgehead atoms. The first kappa shape index (κ1) is 18.9. The third-order valence-corrected chi connectivity index (χ3v) is 5.79. The largest absolute Gasteiger partial charge is 0.439 e. The molecule has 138 valence electrons. The van der Waals surface area contributed by atoms with Gasteiger partial charge >= 0.3 is 0 Å². The van der Waals surface area contributed by atoms with Crippen LogP contribution in [-0.4, -0.2) is 20.2 Å². The fourth-order valence-corrected chi connectivity index (χ4v) is 3.66. The summed E-state index contributed by atoms with van der Waals surface area (Å²) in [6.07, 6.45) is 0. The lowest BCUT2D eigenvalue weighted by atomic mass is 10.2. The summed E-state index contributed by atoms with van der Waals surface area (Å²) in [4.78, 5) is 23.4. The summed E-state index contributed by atoms with van der Waals surface area (Å²) in [5.41, 5.74) is 5.86. The van der Waals surface area contributed by atoms with Gasteiger partial charge in [0.15, 0.2) is 5.76 Å². The minimum atomic E-state index is -3.88. The van der Waals surface area contributed by atoms with Crippen molar-refractivity contribution in [1.82, 2.24) is 0 Å². The molecule has 0 saturated carbocycles. The molecule has 1 heterocycles. The SMILES string of the molecule is NC(=O)c1ccc(NC(=O)c2ccc(S(=O)(=O)c3ccc(Br)cc3)o2)cc1. The van der Waals surface area contributed by atoms with Crippen LogP contribution in [-0.2, 0) is 9.84 Å². The van der Waals surface area contributed by atoms with Crippen LogP contribution in [0.3, 0.4) is 0 Å². The van der Waals surface area contributed by atoms with Crippen LogP contribution in [0, 0.1) is 0 Å². The number of hydrogen-bond acceptors (Lipinski definition) is 5. The molecule has 0 fully saturated rings. The Morgan fingerprint density at radius 1 is 0.926 bits per heavy atom. The van der Waals surface area contributed by atoms with Gasteiger partial charge in [0, 0.05) is 15.7 Å². The van der Waals surface area contributed by atoms with Crippen LogP contribution in [0.5, 0.6) is 0 Å². The number of sulfone groups is 1. The Kier molecular flexibility index (Phi) is 5.15. The number of hydrogen-bond donors (Lipinski definition) is 2. The molecule has 0 unspecified atom stereocenters. The molecule has 3 aromatic rings. The second-order valence-corrected chi connectivity index (χ2v) is 8.27. The van der Waals surface area contributed by atoms with Gasteiger partial charge in [0.2, 0.25) is 20.8 Å². The molecule has 7 nitrogen and oxygen atoms in total. The number of primary amides is 1. The molecular formula is C18H13BrN2O5S. The Labute approximate surface area is 163 Å². The first-order valence-electron chi connectivity index (χ1n) is 7.59. The molecule has 2 amide bonds. The molecule has 2 aromatic carbocycles. The number of nitrogens with two attached hydrogens (primary N) is 1. The van der Waals surface area contributed by atoms with Crippen LogP contribution in [0.15, 0.2) is 79.5 Å². The topological polar surface area (TPSA) is 119 Å². The maximum Gasteiger partial charge on any atom is 0.291 e. The van der Waals surface area contributed by atoms with Crippen LogP contribution in [0.25, 0.3) is 0 Å². The Bertz CT molecular complexity index is 1100. The second-order valence-electron chi connectivity index (χ2n) is 5.47. The van der Waals surface area contributed by atoms with Crippen molar-refractivity contribution in [3.8, 4) is 0 Å². The predicted octanol–water partition coefficient (Wildman–Crippen LogP) is 3.23. The number of anilines is 1. The van der Waals surface area contributed by atoms with Gasteiger partial charge in [0.1, 0.15) is 0 Å². The van der Waals surface area contributed by atoms with Gasteiger partial charge in [-0.05, 0) is 60.7 Å². The summed E-state index contributed by atoms with van der Waals surface area (Å²) < 4.78 is 31.1. The minimum absolute atomic E-state index is 0.0500. The first-order chi connectivity index (χ1) is 12.8. The number of furan rings is 1. The maximum atomic E-state index is 12.6. The quantitative estimate of drug-likeness (QED) is 0.620. The highest BCUT2D eigenvalue weighted by Gasteiger charge is 2.23. The fourth-order valence-electron chi connectivity index (χ4n) is 2.23. The van der Waals surface area contributed by atoms with E-state index in [4.69, 9.17) is 10.2 Å². The molecule has 0 atom stereocenters. The molecule has 3 N–H and O–H groups in total. The van der Waals surface area contributed by atoms with Crippen molar-refractivity contribution >= 4 is 43.3 Å². The molecule has 0 aliphatic carbocycles. The molecule has 0 radical (unpaired) electrons. The first-order valence-corrected chi connectivity index (χ1v) is 9.87. The van der Waals surface area contributed by atoms with Gasteiger partial charge in [-0.25, -0.2) is 8.42 Å². The lowest BCUT2D eigenvalue weighted by Crippen LogP contribution is -2.13. The van der Waals surface area contributed by atoms with E-state index in [-0.39, 0.29) is 15.7 Å². The van der Waals surface area contributed by atoms with Crippen molar-refractivity contribution in [1.29, 1.82) is 0 Å². The zero-order valence-electron chi connectivity index (χ0n) is 13.7. The Morgan fingerprint density at radius 2 is 1.56 bits per heavy atom. The van der Waals surface area contributed by atoms with Crippen molar-refractivity contribution in [3.63, 3.8) is 0 Å². The average Bonchev–Trinajstić information content (AvgIpc) is 3.14. The van der Waals surface area contributed by atoms with E-state index in [1.165, 1.54) is 48.5 Å². The van der Waals surface area contributed by atoms with Crippen molar-refractivity contribution in [2.45, 2.75) is 9.99 Å². The van der Waals surface area contributed by atoms with Crippen LogP contribution < -0.4 is 11.1 Å². The van der Waals surface area contributed by atoms with E-state index < -0.39 is 21.7 Å². The summed E-state index contributed by atoms with van der Waals surface area (Å²) in [6.45, 7) is 0. The third-order valence-electron chi connectivity index (χ3n) is 3.62. The highest BCUT2D eigenvalue weighted by Crippen LogP contribution is 2.24. The summed E-state index contributed by atoms with van der Waals surface area (Å²) >= 11 is 3.24. The normalized spacial score (nSPS) is 11.1. The standard InChI is InChI=1S/C18H13BrN2O5S/c19-12-3-7-14(8-4-12)27(24,25)16-10-9-15(26-16)18(23)21-13-5-1-11(2-6-13)17(20)22/h1-10H,(H2,20,22)(H,21,23). The Balaban J connectivity index is 1.79. The number of benzene rings is 2. The zero-order valence-corrected chi connectivity index (χ0v) is 16.1.